The fourth-order valence-corrected chi connectivity index (χ4v) is 3.31. The van der Waals surface area contributed by atoms with Gasteiger partial charge in [0.1, 0.15) is 5.75 Å². The van der Waals surface area contributed by atoms with E-state index in [1.54, 1.807) is 12.1 Å². The molecule has 8 heteroatoms. The highest BCUT2D eigenvalue weighted by Gasteiger charge is 2.13. The molecule has 0 saturated carbocycles. The van der Waals surface area contributed by atoms with Crippen LogP contribution in [0.5, 0.6) is 5.75 Å². The van der Waals surface area contributed by atoms with Crippen LogP contribution in [0.3, 0.4) is 0 Å². The number of hydrogen-bond donors (Lipinski definition) is 2. The highest BCUT2D eigenvalue weighted by atomic mass is 79.9. The van der Waals surface area contributed by atoms with E-state index in [4.69, 9.17) is 4.74 Å². The standard InChI is InChI=1S/C17H19BrN2O4S/c1-2-11-19-25(22,23)16-9-5-14(6-10-16)20-17(21)12-24-15-7-3-13(18)4-8-15/h3-10,19H,2,11-12H2,1H3,(H,20,21). The van der Waals surface area contributed by atoms with Crippen molar-refractivity contribution in [2.45, 2.75) is 18.2 Å². The van der Waals surface area contributed by atoms with Crippen molar-refractivity contribution >= 4 is 37.5 Å². The number of benzene rings is 2. The Morgan fingerprint density at radius 1 is 1.08 bits per heavy atom. The Kier molecular flexibility index (Phi) is 6.98. The maximum absolute atomic E-state index is 12.0. The molecule has 25 heavy (non-hydrogen) atoms. The molecule has 2 rings (SSSR count). The first kappa shape index (κ1) is 19.4. The summed E-state index contributed by atoms with van der Waals surface area (Å²) in [4.78, 5) is 12.1. The van der Waals surface area contributed by atoms with Gasteiger partial charge in [0.25, 0.3) is 5.91 Å². The van der Waals surface area contributed by atoms with Crippen molar-refractivity contribution in [3.05, 3.63) is 53.0 Å². The van der Waals surface area contributed by atoms with Gasteiger partial charge in [-0.1, -0.05) is 22.9 Å². The van der Waals surface area contributed by atoms with Crippen molar-refractivity contribution in [3.63, 3.8) is 0 Å². The maximum atomic E-state index is 12.0. The zero-order valence-electron chi connectivity index (χ0n) is 13.7. The van der Waals surface area contributed by atoms with Crippen LogP contribution >= 0.6 is 15.9 Å². The molecule has 0 aliphatic heterocycles. The average Bonchev–Trinajstić information content (AvgIpc) is 2.60. The number of hydrogen-bond acceptors (Lipinski definition) is 4. The lowest BCUT2D eigenvalue weighted by Gasteiger charge is -2.09. The Labute approximate surface area is 155 Å². The number of carbonyl (C=O) groups excluding carboxylic acids is 1. The van der Waals surface area contributed by atoms with E-state index in [-0.39, 0.29) is 17.4 Å². The van der Waals surface area contributed by atoms with Crippen LogP contribution in [0.1, 0.15) is 13.3 Å². The molecule has 0 aliphatic rings. The van der Waals surface area contributed by atoms with Gasteiger partial charge in [0.05, 0.1) is 4.90 Å². The second-order valence-electron chi connectivity index (χ2n) is 5.21. The molecular weight excluding hydrogens is 408 g/mol. The number of sulfonamides is 1. The van der Waals surface area contributed by atoms with E-state index in [1.165, 1.54) is 24.3 Å². The Morgan fingerprint density at radius 2 is 1.72 bits per heavy atom. The van der Waals surface area contributed by atoms with Crippen molar-refractivity contribution < 1.29 is 17.9 Å². The van der Waals surface area contributed by atoms with Crippen molar-refractivity contribution in [3.8, 4) is 5.75 Å². The smallest absolute Gasteiger partial charge is 0.262 e. The van der Waals surface area contributed by atoms with Gasteiger partial charge >= 0.3 is 0 Å². The summed E-state index contributed by atoms with van der Waals surface area (Å²) in [5.74, 6) is 0.254. The predicted octanol–water partition coefficient (Wildman–Crippen LogP) is 3.15. The van der Waals surface area contributed by atoms with Gasteiger partial charge in [-0.25, -0.2) is 13.1 Å². The molecule has 2 N–H and O–H groups in total. The van der Waals surface area contributed by atoms with Gasteiger partial charge in [0.15, 0.2) is 6.61 Å². The number of carbonyl (C=O) groups is 1. The number of nitrogens with one attached hydrogen (secondary N) is 2. The molecule has 2 aromatic rings. The third-order valence-electron chi connectivity index (χ3n) is 3.17. The number of anilines is 1. The van der Waals surface area contributed by atoms with Gasteiger partial charge in [0.2, 0.25) is 10.0 Å². The minimum Gasteiger partial charge on any atom is -0.484 e. The highest BCUT2D eigenvalue weighted by Crippen LogP contribution is 2.17. The second kappa shape index (κ2) is 8.98. The molecule has 0 fully saturated rings. The van der Waals surface area contributed by atoms with Gasteiger partial charge < -0.3 is 10.1 Å². The Bertz CT molecular complexity index is 806. The van der Waals surface area contributed by atoms with E-state index in [0.29, 0.717) is 24.4 Å². The molecule has 0 spiro atoms. The van der Waals surface area contributed by atoms with E-state index < -0.39 is 10.0 Å². The molecular formula is C17H19BrN2O4S. The lowest BCUT2D eigenvalue weighted by molar-refractivity contribution is -0.118. The first-order valence-corrected chi connectivity index (χ1v) is 9.96. The van der Waals surface area contributed by atoms with Gasteiger partial charge in [-0.05, 0) is 55.0 Å². The summed E-state index contributed by atoms with van der Waals surface area (Å²) in [6.45, 7) is 2.13. The minimum atomic E-state index is -3.51. The third kappa shape index (κ3) is 6.15. The summed E-state index contributed by atoms with van der Waals surface area (Å²) >= 11 is 3.32. The molecule has 0 aromatic heterocycles. The molecule has 0 unspecified atom stereocenters. The molecule has 0 heterocycles. The zero-order valence-corrected chi connectivity index (χ0v) is 16.1. The summed E-state index contributed by atoms with van der Waals surface area (Å²) < 4.78 is 32.8. The van der Waals surface area contributed by atoms with Crippen LogP contribution in [-0.4, -0.2) is 27.5 Å². The normalized spacial score (nSPS) is 11.1. The summed E-state index contributed by atoms with van der Waals surface area (Å²) in [5.41, 5.74) is 0.499. The molecule has 0 aliphatic carbocycles. The molecule has 0 atom stereocenters. The van der Waals surface area contributed by atoms with Crippen LogP contribution in [-0.2, 0) is 14.8 Å². The van der Waals surface area contributed by atoms with Crippen LogP contribution in [0, 0.1) is 0 Å². The van der Waals surface area contributed by atoms with E-state index in [1.807, 2.05) is 19.1 Å². The zero-order chi connectivity index (χ0) is 18.3. The highest BCUT2D eigenvalue weighted by molar-refractivity contribution is 9.10. The number of ether oxygens (including phenoxy) is 1. The van der Waals surface area contributed by atoms with Gasteiger partial charge in [-0.2, -0.15) is 0 Å². The van der Waals surface area contributed by atoms with Crippen LogP contribution < -0.4 is 14.8 Å². The van der Waals surface area contributed by atoms with Crippen LogP contribution in [0.25, 0.3) is 0 Å². The monoisotopic (exact) mass is 426 g/mol. The van der Waals surface area contributed by atoms with E-state index in [2.05, 4.69) is 26.0 Å². The molecule has 2 aromatic carbocycles. The fourth-order valence-electron chi connectivity index (χ4n) is 1.91. The minimum absolute atomic E-state index is 0.139. The molecule has 134 valence electrons. The quantitative estimate of drug-likeness (QED) is 0.678. The first-order chi connectivity index (χ1) is 11.9. The van der Waals surface area contributed by atoms with Crippen LogP contribution in [0.15, 0.2) is 57.9 Å². The largest absolute Gasteiger partial charge is 0.484 e. The molecule has 0 saturated heterocycles. The molecule has 0 radical (unpaired) electrons. The Morgan fingerprint density at radius 3 is 2.32 bits per heavy atom. The number of halogens is 1. The van der Waals surface area contributed by atoms with Crippen molar-refractivity contribution in [2.75, 3.05) is 18.5 Å². The summed E-state index contributed by atoms with van der Waals surface area (Å²) in [6.07, 6.45) is 0.714. The summed E-state index contributed by atoms with van der Waals surface area (Å²) in [6, 6.07) is 13.1. The van der Waals surface area contributed by atoms with Gasteiger partial charge in [-0.3, -0.25) is 4.79 Å². The lowest BCUT2D eigenvalue weighted by atomic mass is 10.3. The Hall–Kier alpha value is -1.90. The van der Waals surface area contributed by atoms with Crippen molar-refractivity contribution in [2.24, 2.45) is 0 Å². The Balaban J connectivity index is 1.89. The predicted molar refractivity (Wildman–Crippen MR) is 100 cm³/mol. The van der Waals surface area contributed by atoms with E-state index in [9.17, 15) is 13.2 Å². The topological polar surface area (TPSA) is 84.5 Å². The first-order valence-electron chi connectivity index (χ1n) is 7.68. The van der Waals surface area contributed by atoms with Crippen LogP contribution in [0.4, 0.5) is 5.69 Å². The van der Waals surface area contributed by atoms with Crippen LogP contribution in [0.2, 0.25) is 0 Å². The number of rotatable bonds is 8. The fraction of sp³-hybridized carbons (Fsp3) is 0.235. The van der Waals surface area contributed by atoms with E-state index in [0.717, 1.165) is 4.47 Å². The van der Waals surface area contributed by atoms with Gasteiger partial charge in [0, 0.05) is 16.7 Å². The molecule has 1 amide bonds. The lowest BCUT2D eigenvalue weighted by Crippen LogP contribution is -2.24. The molecule has 0 bridgehead atoms. The second-order valence-corrected chi connectivity index (χ2v) is 7.90. The average molecular weight is 427 g/mol. The SMILES string of the molecule is CCCNS(=O)(=O)c1ccc(NC(=O)COc2ccc(Br)cc2)cc1. The molecule has 6 nitrogen and oxygen atoms in total. The van der Waals surface area contributed by atoms with Crippen molar-refractivity contribution in [1.29, 1.82) is 0 Å². The summed E-state index contributed by atoms with van der Waals surface area (Å²) in [7, 11) is -3.51. The maximum Gasteiger partial charge on any atom is 0.262 e. The van der Waals surface area contributed by atoms with Crippen molar-refractivity contribution in [1.82, 2.24) is 4.72 Å². The van der Waals surface area contributed by atoms with Gasteiger partial charge in [-0.15, -0.1) is 0 Å². The number of amides is 1. The van der Waals surface area contributed by atoms with E-state index >= 15 is 0 Å². The summed E-state index contributed by atoms with van der Waals surface area (Å²) in [5, 5.41) is 2.66. The third-order valence-corrected chi connectivity index (χ3v) is 5.18.